The van der Waals surface area contributed by atoms with Gasteiger partial charge in [0.1, 0.15) is 11.6 Å². The van der Waals surface area contributed by atoms with Crippen LogP contribution >= 0.6 is 0 Å². The van der Waals surface area contributed by atoms with Crippen molar-refractivity contribution in [2.24, 2.45) is 5.92 Å². The van der Waals surface area contributed by atoms with Gasteiger partial charge in [0.25, 0.3) is 0 Å². The van der Waals surface area contributed by atoms with Crippen LogP contribution in [0.1, 0.15) is 12.0 Å². The number of ether oxygens (including phenoxy) is 1. The van der Waals surface area contributed by atoms with Gasteiger partial charge in [-0.15, -0.1) is 0 Å². The van der Waals surface area contributed by atoms with E-state index in [0.717, 1.165) is 11.3 Å². The molecule has 0 bridgehead atoms. The van der Waals surface area contributed by atoms with E-state index in [1.165, 1.54) is 12.1 Å². The first-order chi connectivity index (χ1) is 12.6. The lowest BCUT2D eigenvalue weighted by atomic mass is 10.1. The van der Waals surface area contributed by atoms with Gasteiger partial charge in [-0.1, -0.05) is 18.2 Å². The summed E-state index contributed by atoms with van der Waals surface area (Å²) in [4.78, 5) is 26.3. The molecule has 1 heterocycles. The molecule has 0 saturated carbocycles. The molecule has 0 spiro atoms. The number of halogens is 1. The molecule has 2 aromatic carbocycles. The van der Waals surface area contributed by atoms with Crippen molar-refractivity contribution in [3.05, 3.63) is 59.9 Å². The van der Waals surface area contributed by atoms with Crippen LogP contribution in [0.15, 0.2) is 48.5 Å². The van der Waals surface area contributed by atoms with Crippen molar-refractivity contribution in [1.82, 2.24) is 5.32 Å². The average molecular weight is 356 g/mol. The summed E-state index contributed by atoms with van der Waals surface area (Å²) in [5.41, 5.74) is 1.55. The zero-order valence-electron chi connectivity index (χ0n) is 14.6. The maximum absolute atomic E-state index is 13.2. The zero-order chi connectivity index (χ0) is 18.5. The Kier molecular flexibility index (Phi) is 5.51. The van der Waals surface area contributed by atoms with Crippen LogP contribution in [0.4, 0.5) is 10.1 Å². The highest BCUT2D eigenvalue weighted by Crippen LogP contribution is 2.27. The summed E-state index contributed by atoms with van der Waals surface area (Å²) in [7, 11) is 1.57. The van der Waals surface area contributed by atoms with Gasteiger partial charge in [0.2, 0.25) is 11.8 Å². The molecule has 1 atom stereocenters. The molecule has 26 heavy (non-hydrogen) atoms. The SMILES string of the molecule is COc1cccc(N2CC(C(=O)NCCc3cccc(F)c3)CC2=O)c1. The Balaban J connectivity index is 1.55. The fourth-order valence-electron chi connectivity index (χ4n) is 3.08. The fraction of sp³-hybridized carbons (Fsp3) is 0.300. The number of carbonyl (C=O) groups excluding carboxylic acids is 2. The molecule has 0 aromatic heterocycles. The normalized spacial score (nSPS) is 16.6. The lowest BCUT2D eigenvalue weighted by Crippen LogP contribution is -2.34. The summed E-state index contributed by atoms with van der Waals surface area (Å²) in [5, 5.41) is 2.84. The Morgan fingerprint density at radius 2 is 2.08 bits per heavy atom. The fourth-order valence-corrected chi connectivity index (χ4v) is 3.08. The maximum Gasteiger partial charge on any atom is 0.227 e. The van der Waals surface area contributed by atoms with E-state index in [2.05, 4.69) is 5.32 Å². The molecule has 2 aromatic rings. The van der Waals surface area contributed by atoms with Crippen LogP contribution in [0.5, 0.6) is 5.75 Å². The molecule has 2 amide bonds. The standard InChI is InChI=1S/C20H21FN2O3/c1-26-18-7-3-6-17(12-18)23-13-15(11-19(23)24)20(25)22-9-8-14-4-2-5-16(21)10-14/h2-7,10,12,15H,8-9,11,13H2,1H3,(H,22,25). The molecular formula is C20H21FN2O3. The van der Waals surface area contributed by atoms with Gasteiger partial charge in [-0.25, -0.2) is 4.39 Å². The lowest BCUT2D eigenvalue weighted by molar-refractivity contribution is -0.126. The van der Waals surface area contributed by atoms with E-state index >= 15 is 0 Å². The molecular weight excluding hydrogens is 335 g/mol. The molecule has 1 saturated heterocycles. The van der Waals surface area contributed by atoms with Crippen LogP contribution in [0, 0.1) is 11.7 Å². The molecule has 1 aliphatic heterocycles. The Morgan fingerprint density at radius 3 is 2.85 bits per heavy atom. The third-order valence-electron chi connectivity index (χ3n) is 4.46. The topological polar surface area (TPSA) is 58.6 Å². The van der Waals surface area contributed by atoms with E-state index in [-0.39, 0.29) is 30.0 Å². The van der Waals surface area contributed by atoms with Gasteiger partial charge in [-0.05, 0) is 36.2 Å². The van der Waals surface area contributed by atoms with Gasteiger partial charge < -0.3 is 15.0 Å². The van der Waals surface area contributed by atoms with Crippen LogP contribution in [0.3, 0.4) is 0 Å². The Morgan fingerprint density at radius 1 is 1.27 bits per heavy atom. The second-order valence-electron chi connectivity index (χ2n) is 6.28. The van der Waals surface area contributed by atoms with E-state index in [1.54, 1.807) is 30.2 Å². The summed E-state index contributed by atoms with van der Waals surface area (Å²) in [6, 6.07) is 13.5. The largest absolute Gasteiger partial charge is 0.497 e. The maximum atomic E-state index is 13.2. The van der Waals surface area contributed by atoms with Crippen LogP contribution < -0.4 is 15.0 Å². The van der Waals surface area contributed by atoms with Crippen molar-refractivity contribution in [2.45, 2.75) is 12.8 Å². The number of nitrogens with zero attached hydrogens (tertiary/aromatic N) is 1. The van der Waals surface area contributed by atoms with E-state index in [4.69, 9.17) is 4.74 Å². The molecule has 1 N–H and O–H groups in total. The van der Waals surface area contributed by atoms with Crippen LogP contribution in [0.25, 0.3) is 0 Å². The smallest absolute Gasteiger partial charge is 0.227 e. The second-order valence-corrected chi connectivity index (χ2v) is 6.28. The summed E-state index contributed by atoms with van der Waals surface area (Å²) in [6.07, 6.45) is 0.729. The van der Waals surface area contributed by atoms with Crippen molar-refractivity contribution < 1.29 is 18.7 Å². The molecule has 136 valence electrons. The van der Waals surface area contributed by atoms with E-state index in [1.807, 2.05) is 18.2 Å². The van der Waals surface area contributed by atoms with Gasteiger partial charge in [0.15, 0.2) is 0 Å². The Hall–Kier alpha value is -2.89. The summed E-state index contributed by atoms with van der Waals surface area (Å²) < 4.78 is 18.3. The van der Waals surface area contributed by atoms with E-state index in [0.29, 0.717) is 25.3 Å². The molecule has 0 radical (unpaired) electrons. The summed E-state index contributed by atoms with van der Waals surface area (Å²) in [6.45, 7) is 0.754. The highest BCUT2D eigenvalue weighted by atomic mass is 19.1. The number of benzene rings is 2. The van der Waals surface area contributed by atoms with Crippen LogP contribution in [0.2, 0.25) is 0 Å². The number of nitrogens with one attached hydrogen (secondary N) is 1. The van der Waals surface area contributed by atoms with Crippen LogP contribution in [-0.4, -0.2) is 32.0 Å². The third-order valence-corrected chi connectivity index (χ3v) is 4.46. The molecule has 1 unspecified atom stereocenters. The van der Waals surface area contributed by atoms with E-state index < -0.39 is 0 Å². The van der Waals surface area contributed by atoms with Crippen molar-refractivity contribution in [1.29, 1.82) is 0 Å². The Labute approximate surface area is 151 Å². The molecule has 0 aliphatic carbocycles. The van der Waals surface area contributed by atoms with Crippen LogP contribution in [-0.2, 0) is 16.0 Å². The highest BCUT2D eigenvalue weighted by Gasteiger charge is 2.35. The summed E-state index contributed by atoms with van der Waals surface area (Å²) >= 11 is 0. The first-order valence-electron chi connectivity index (χ1n) is 8.53. The first-order valence-corrected chi connectivity index (χ1v) is 8.53. The molecule has 3 rings (SSSR count). The number of hydrogen-bond donors (Lipinski definition) is 1. The third kappa shape index (κ3) is 4.20. The Bertz CT molecular complexity index is 809. The monoisotopic (exact) mass is 356 g/mol. The quantitative estimate of drug-likeness (QED) is 0.865. The van der Waals surface area contributed by atoms with Gasteiger partial charge in [-0.3, -0.25) is 9.59 Å². The van der Waals surface area contributed by atoms with Gasteiger partial charge in [0, 0.05) is 31.3 Å². The number of carbonyl (C=O) groups is 2. The highest BCUT2D eigenvalue weighted by molar-refractivity contribution is 6.00. The number of hydrogen-bond acceptors (Lipinski definition) is 3. The van der Waals surface area contributed by atoms with Crippen molar-refractivity contribution in [3.8, 4) is 5.75 Å². The molecule has 5 nitrogen and oxygen atoms in total. The second kappa shape index (κ2) is 7.99. The number of methoxy groups -OCH3 is 1. The number of amides is 2. The lowest BCUT2D eigenvalue weighted by Gasteiger charge is -2.17. The predicted molar refractivity (Wildman–Crippen MR) is 96.6 cm³/mol. The van der Waals surface area contributed by atoms with Gasteiger partial charge in [0.05, 0.1) is 13.0 Å². The van der Waals surface area contributed by atoms with E-state index in [9.17, 15) is 14.0 Å². The zero-order valence-corrected chi connectivity index (χ0v) is 14.6. The number of rotatable bonds is 6. The molecule has 6 heteroatoms. The average Bonchev–Trinajstić information content (AvgIpc) is 3.04. The minimum absolute atomic E-state index is 0.0801. The minimum atomic E-state index is -0.388. The number of anilines is 1. The summed E-state index contributed by atoms with van der Waals surface area (Å²) in [5.74, 6) is -0.243. The van der Waals surface area contributed by atoms with Gasteiger partial charge in [-0.2, -0.15) is 0 Å². The molecule has 1 aliphatic rings. The first kappa shape index (κ1) is 17.9. The van der Waals surface area contributed by atoms with Gasteiger partial charge >= 0.3 is 0 Å². The van der Waals surface area contributed by atoms with Crippen molar-refractivity contribution >= 4 is 17.5 Å². The van der Waals surface area contributed by atoms with Crippen molar-refractivity contribution in [2.75, 3.05) is 25.1 Å². The minimum Gasteiger partial charge on any atom is -0.497 e. The van der Waals surface area contributed by atoms with Crippen molar-refractivity contribution in [3.63, 3.8) is 0 Å². The molecule has 1 fully saturated rings. The predicted octanol–water partition coefficient (Wildman–Crippen LogP) is 2.55.